The number of nitrogens with one attached hydrogen (secondary N) is 2. The first-order valence-electron chi connectivity index (χ1n) is 10.1. The second-order valence-electron chi connectivity index (χ2n) is 7.50. The van der Waals surface area contributed by atoms with Crippen LogP contribution in [0, 0.1) is 5.92 Å². The lowest BCUT2D eigenvalue weighted by Crippen LogP contribution is -2.48. The Balaban J connectivity index is 0.00000338. The SMILES string of the molecule is CN=C(NCCCOCC1CCCO1)NCC(C(C)C)N1CCCC1.I. The Morgan fingerprint density at radius 2 is 2.00 bits per heavy atom. The van der Waals surface area contributed by atoms with Crippen molar-refractivity contribution in [2.75, 3.05) is 53.0 Å². The van der Waals surface area contributed by atoms with Crippen LogP contribution in [0.25, 0.3) is 0 Å². The molecule has 2 saturated heterocycles. The van der Waals surface area contributed by atoms with Crippen LogP contribution in [0.4, 0.5) is 0 Å². The van der Waals surface area contributed by atoms with E-state index in [0.29, 0.717) is 18.1 Å². The summed E-state index contributed by atoms with van der Waals surface area (Å²) in [7, 11) is 1.84. The quantitative estimate of drug-likeness (QED) is 0.217. The highest BCUT2D eigenvalue weighted by Gasteiger charge is 2.24. The van der Waals surface area contributed by atoms with Gasteiger partial charge in [0, 0.05) is 39.4 Å². The number of halogens is 1. The van der Waals surface area contributed by atoms with E-state index in [1.807, 2.05) is 7.05 Å². The van der Waals surface area contributed by atoms with Crippen molar-refractivity contribution in [2.24, 2.45) is 10.9 Å². The number of nitrogens with zero attached hydrogens (tertiary/aromatic N) is 2. The molecule has 2 aliphatic heterocycles. The Hall–Kier alpha value is -0.120. The van der Waals surface area contributed by atoms with Gasteiger partial charge in [-0.3, -0.25) is 9.89 Å². The summed E-state index contributed by atoms with van der Waals surface area (Å²) in [4.78, 5) is 6.96. The number of guanidine groups is 1. The summed E-state index contributed by atoms with van der Waals surface area (Å²) in [5, 5.41) is 6.89. The van der Waals surface area contributed by atoms with Gasteiger partial charge in [-0.15, -0.1) is 24.0 Å². The highest BCUT2D eigenvalue weighted by atomic mass is 127. The maximum absolute atomic E-state index is 5.70. The number of aliphatic imine (C=N–C) groups is 1. The van der Waals surface area contributed by atoms with Crippen molar-refractivity contribution in [3.05, 3.63) is 0 Å². The molecule has 0 bridgehead atoms. The molecule has 0 aromatic heterocycles. The third-order valence-corrected chi connectivity index (χ3v) is 5.17. The molecule has 2 atom stereocenters. The van der Waals surface area contributed by atoms with Crippen LogP contribution in [0.3, 0.4) is 0 Å². The maximum atomic E-state index is 5.70. The van der Waals surface area contributed by atoms with Crippen molar-refractivity contribution in [1.29, 1.82) is 0 Å². The Labute approximate surface area is 176 Å². The van der Waals surface area contributed by atoms with Crippen molar-refractivity contribution in [3.63, 3.8) is 0 Å². The zero-order chi connectivity index (χ0) is 17.9. The van der Waals surface area contributed by atoms with Crippen LogP contribution in [0.2, 0.25) is 0 Å². The van der Waals surface area contributed by atoms with Crippen LogP contribution in [0.1, 0.15) is 46.0 Å². The van der Waals surface area contributed by atoms with Gasteiger partial charge in [0.25, 0.3) is 0 Å². The van der Waals surface area contributed by atoms with E-state index in [4.69, 9.17) is 9.47 Å². The zero-order valence-electron chi connectivity index (χ0n) is 16.8. The second-order valence-corrected chi connectivity index (χ2v) is 7.50. The lowest BCUT2D eigenvalue weighted by Gasteiger charge is -2.31. The highest BCUT2D eigenvalue weighted by molar-refractivity contribution is 14.0. The Morgan fingerprint density at radius 3 is 2.62 bits per heavy atom. The standard InChI is InChI=1S/C19H38N4O2.HI/c1-16(2)18(23-10-4-5-11-23)14-22-19(20-3)21-9-7-12-24-15-17-8-6-13-25-17;/h16-18H,4-15H2,1-3H3,(H2,20,21,22);1H. The van der Waals surface area contributed by atoms with Crippen LogP contribution in [-0.2, 0) is 9.47 Å². The van der Waals surface area contributed by atoms with Crippen molar-refractivity contribution >= 4 is 29.9 Å². The number of hydrogen-bond acceptors (Lipinski definition) is 4. The molecule has 2 fully saturated rings. The number of hydrogen-bond donors (Lipinski definition) is 2. The lowest BCUT2D eigenvalue weighted by atomic mass is 10.0. The summed E-state index contributed by atoms with van der Waals surface area (Å²) in [6.45, 7) is 11.3. The van der Waals surface area contributed by atoms with Crippen molar-refractivity contribution in [3.8, 4) is 0 Å². The minimum absolute atomic E-state index is 0. The second kappa shape index (κ2) is 14.0. The zero-order valence-corrected chi connectivity index (χ0v) is 19.2. The van der Waals surface area contributed by atoms with E-state index in [0.717, 1.165) is 51.7 Å². The highest BCUT2D eigenvalue weighted by Crippen LogP contribution is 2.17. The predicted molar refractivity (Wildman–Crippen MR) is 119 cm³/mol. The van der Waals surface area contributed by atoms with E-state index in [1.54, 1.807) is 0 Å². The van der Waals surface area contributed by atoms with Gasteiger partial charge in [-0.2, -0.15) is 0 Å². The van der Waals surface area contributed by atoms with E-state index in [2.05, 4.69) is 34.4 Å². The van der Waals surface area contributed by atoms with Gasteiger partial charge in [0.1, 0.15) is 0 Å². The Bertz CT molecular complexity index is 384. The first kappa shape index (κ1) is 23.9. The first-order valence-corrected chi connectivity index (χ1v) is 10.1. The third kappa shape index (κ3) is 8.71. The normalized spacial score (nSPS) is 22.5. The Morgan fingerprint density at radius 1 is 1.23 bits per heavy atom. The molecule has 0 aromatic carbocycles. The average molecular weight is 482 g/mol. The summed E-state index contributed by atoms with van der Waals surface area (Å²) in [6, 6.07) is 0.579. The fourth-order valence-corrected chi connectivity index (χ4v) is 3.65. The summed E-state index contributed by atoms with van der Waals surface area (Å²) in [5.74, 6) is 1.54. The monoisotopic (exact) mass is 482 g/mol. The molecule has 0 spiro atoms. The van der Waals surface area contributed by atoms with E-state index >= 15 is 0 Å². The largest absolute Gasteiger partial charge is 0.379 e. The molecule has 2 unspecified atom stereocenters. The van der Waals surface area contributed by atoms with Crippen LogP contribution < -0.4 is 10.6 Å². The molecule has 0 amide bonds. The summed E-state index contributed by atoms with van der Waals surface area (Å²) in [5.41, 5.74) is 0. The van der Waals surface area contributed by atoms with Gasteiger partial charge < -0.3 is 20.1 Å². The van der Waals surface area contributed by atoms with Crippen LogP contribution in [-0.4, -0.2) is 76.1 Å². The molecule has 7 heteroatoms. The third-order valence-electron chi connectivity index (χ3n) is 5.17. The van der Waals surface area contributed by atoms with Crippen molar-refractivity contribution < 1.29 is 9.47 Å². The van der Waals surface area contributed by atoms with Gasteiger partial charge in [0.2, 0.25) is 0 Å². The number of likely N-dealkylation sites (tertiary alicyclic amines) is 1. The fourth-order valence-electron chi connectivity index (χ4n) is 3.65. The van der Waals surface area contributed by atoms with Crippen LogP contribution in [0.5, 0.6) is 0 Å². The van der Waals surface area contributed by atoms with Gasteiger partial charge in [0.15, 0.2) is 5.96 Å². The topological polar surface area (TPSA) is 58.1 Å². The minimum atomic E-state index is 0. The molecule has 2 N–H and O–H groups in total. The van der Waals surface area contributed by atoms with Gasteiger partial charge >= 0.3 is 0 Å². The molecular weight excluding hydrogens is 443 g/mol. The molecule has 2 aliphatic rings. The van der Waals surface area contributed by atoms with E-state index in [1.165, 1.54) is 32.4 Å². The molecule has 6 nitrogen and oxygen atoms in total. The van der Waals surface area contributed by atoms with Crippen LogP contribution in [0.15, 0.2) is 4.99 Å². The van der Waals surface area contributed by atoms with Gasteiger partial charge in [0.05, 0.1) is 12.7 Å². The lowest BCUT2D eigenvalue weighted by molar-refractivity contribution is 0.0168. The molecule has 0 radical (unpaired) electrons. The van der Waals surface area contributed by atoms with Gasteiger partial charge in [-0.05, 0) is 51.1 Å². The molecule has 2 rings (SSSR count). The molecular formula is C19H39IN4O2. The minimum Gasteiger partial charge on any atom is -0.379 e. The maximum Gasteiger partial charge on any atom is 0.191 e. The van der Waals surface area contributed by atoms with Crippen LogP contribution >= 0.6 is 24.0 Å². The smallest absolute Gasteiger partial charge is 0.191 e. The van der Waals surface area contributed by atoms with Crippen molar-refractivity contribution in [1.82, 2.24) is 15.5 Å². The summed E-state index contributed by atoms with van der Waals surface area (Å²) in [6.07, 6.45) is 6.29. The first-order chi connectivity index (χ1) is 12.2. The molecule has 2 heterocycles. The fraction of sp³-hybridized carbons (Fsp3) is 0.947. The molecule has 0 aromatic rings. The van der Waals surface area contributed by atoms with E-state index in [-0.39, 0.29) is 24.0 Å². The predicted octanol–water partition coefficient (Wildman–Crippen LogP) is 2.48. The average Bonchev–Trinajstić information content (AvgIpc) is 3.29. The number of rotatable bonds is 10. The number of ether oxygens (including phenoxy) is 2. The molecule has 0 aliphatic carbocycles. The molecule has 154 valence electrons. The van der Waals surface area contributed by atoms with Crippen molar-refractivity contribution in [2.45, 2.75) is 58.1 Å². The van der Waals surface area contributed by atoms with E-state index < -0.39 is 0 Å². The van der Waals surface area contributed by atoms with Gasteiger partial charge in [-0.25, -0.2) is 0 Å². The summed E-state index contributed by atoms with van der Waals surface area (Å²) < 4.78 is 11.3. The Kier molecular flexibility index (Phi) is 12.8. The van der Waals surface area contributed by atoms with E-state index in [9.17, 15) is 0 Å². The van der Waals surface area contributed by atoms with Gasteiger partial charge in [-0.1, -0.05) is 13.8 Å². The molecule has 0 saturated carbocycles. The summed E-state index contributed by atoms with van der Waals surface area (Å²) >= 11 is 0. The molecule has 26 heavy (non-hydrogen) atoms.